The van der Waals surface area contributed by atoms with Crippen LogP contribution in [0, 0.1) is 11.8 Å². The molecule has 1 saturated heterocycles. The van der Waals surface area contributed by atoms with Crippen molar-refractivity contribution in [1.82, 2.24) is 10.6 Å². The van der Waals surface area contributed by atoms with Gasteiger partial charge in [-0.2, -0.15) is 0 Å². The first-order valence-corrected chi connectivity index (χ1v) is 11.2. The van der Waals surface area contributed by atoms with Crippen molar-refractivity contribution >= 4 is 11.6 Å². The Morgan fingerprint density at radius 2 is 2.00 bits per heavy atom. The van der Waals surface area contributed by atoms with Crippen LogP contribution < -0.4 is 16.0 Å². The van der Waals surface area contributed by atoms with E-state index in [0.717, 1.165) is 44.8 Å². The van der Waals surface area contributed by atoms with Crippen LogP contribution in [0.5, 0.6) is 0 Å². The van der Waals surface area contributed by atoms with Crippen LogP contribution in [-0.4, -0.2) is 37.7 Å². The summed E-state index contributed by atoms with van der Waals surface area (Å²) in [6.45, 7) is 3.49. The summed E-state index contributed by atoms with van der Waals surface area (Å²) >= 11 is 0. The predicted molar refractivity (Wildman–Crippen MR) is 112 cm³/mol. The fraction of sp³-hybridized carbons (Fsp3) is 0.696. The van der Waals surface area contributed by atoms with Crippen LogP contribution in [0.3, 0.4) is 0 Å². The van der Waals surface area contributed by atoms with Crippen LogP contribution in [0.15, 0.2) is 24.3 Å². The van der Waals surface area contributed by atoms with Gasteiger partial charge in [-0.05, 0) is 49.3 Å². The van der Waals surface area contributed by atoms with Gasteiger partial charge in [0.15, 0.2) is 0 Å². The van der Waals surface area contributed by atoms with Crippen LogP contribution in [0.2, 0.25) is 0 Å². The SMILES string of the molecule is O=C(Nc1cccc(CNC2CCCC2C2COCCN2)c1)C1CCCCC1. The van der Waals surface area contributed by atoms with E-state index in [2.05, 4.69) is 34.1 Å². The molecule has 2 aliphatic carbocycles. The zero-order valence-electron chi connectivity index (χ0n) is 16.9. The quantitative estimate of drug-likeness (QED) is 0.702. The predicted octanol–water partition coefficient (Wildman–Crippen LogP) is 3.45. The third kappa shape index (κ3) is 5.13. The van der Waals surface area contributed by atoms with Gasteiger partial charge in [0.2, 0.25) is 5.91 Å². The molecule has 1 amide bonds. The highest BCUT2D eigenvalue weighted by molar-refractivity contribution is 5.92. The van der Waals surface area contributed by atoms with E-state index in [1.807, 2.05) is 6.07 Å². The normalized spacial score (nSPS) is 28.9. The van der Waals surface area contributed by atoms with Crippen molar-refractivity contribution in [3.8, 4) is 0 Å². The number of anilines is 1. The van der Waals surface area contributed by atoms with Crippen molar-refractivity contribution in [3.05, 3.63) is 29.8 Å². The van der Waals surface area contributed by atoms with E-state index < -0.39 is 0 Å². The molecule has 3 unspecified atom stereocenters. The highest BCUT2D eigenvalue weighted by atomic mass is 16.5. The number of hydrogen-bond acceptors (Lipinski definition) is 4. The maximum Gasteiger partial charge on any atom is 0.227 e. The van der Waals surface area contributed by atoms with Crippen molar-refractivity contribution in [2.45, 2.75) is 70.0 Å². The average molecular weight is 386 g/mol. The summed E-state index contributed by atoms with van der Waals surface area (Å²) < 4.78 is 5.68. The van der Waals surface area contributed by atoms with Gasteiger partial charge < -0.3 is 20.7 Å². The first kappa shape index (κ1) is 19.9. The molecular formula is C23H35N3O2. The minimum Gasteiger partial charge on any atom is -0.379 e. The van der Waals surface area contributed by atoms with Crippen molar-refractivity contribution < 1.29 is 9.53 Å². The molecule has 1 heterocycles. The molecule has 2 saturated carbocycles. The molecule has 0 aromatic heterocycles. The van der Waals surface area contributed by atoms with Gasteiger partial charge in [0.05, 0.1) is 13.2 Å². The molecule has 0 bridgehead atoms. The number of carbonyl (C=O) groups is 1. The monoisotopic (exact) mass is 385 g/mol. The second-order valence-corrected chi connectivity index (χ2v) is 8.74. The number of ether oxygens (including phenoxy) is 1. The van der Waals surface area contributed by atoms with E-state index in [9.17, 15) is 4.79 Å². The first-order chi connectivity index (χ1) is 13.8. The van der Waals surface area contributed by atoms with Crippen LogP contribution in [0.4, 0.5) is 5.69 Å². The molecule has 3 N–H and O–H groups in total. The third-order valence-electron chi connectivity index (χ3n) is 6.78. The fourth-order valence-corrected chi connectivity index (χ4v) is 5.20. The molecule has 3 aliphatic rings. The van der Waals surface area contributed by atoms with Crippen LogP contribution in [-0.2, 0) is 16.1 Å². The summed E-state index contributed by atoms with van der Waals surface area (Å²) in [5, 5.41) is 10.6. The number of carbonyl (C=O) groups excluding carboxylic acids is 1. The highest BCUT2D eigenvalue weighted by Gasteiger charge is 2.34. The summed E-state index contributed by atoms with van der Waals surface area (Å²) in [5.74, 6) is 1.04. The summed E-state index contributed by atoms with van der Waals surface area (Å²) in [4.78, 5) is 12.5. The van der Waals surface area contributed by atoms with Gasteiger partial charge in [-0.25, -0.2) is 0 Å². The Kier molecular flexibility index (Phi) is 7.00. The molecule has 3 atom stereocenters. The molecule has 0 radical (unpaired) electrons. The average Bonchev–Trinajstić information content (AvgIpc) is 3.22. The zero-order valence-corrected chi connectivity index (χ0v) is 16.9. The summed E-state index contributed by atoms with van der Waals surface area (Å²) in [6.07, 6.45) is 9.52. The Morgan fingerprint density at radius 3 is 2.82 bits per heavy atom. The van der Waals surface area contributed by atoms with Crippen LogP contribution in [0.1, 0.15) is 56.9 Å². The number of amides is 1. The van der Waals surface area contributed by atoms with Crippen molar-refractivity contribution in [2.24, 2.45) is 11.8 Å². The van der Waals surface area contributed by atoms with Gasteiger partial charge in [-0.3, -0.25) is 4.79 Å². The van der Waals surface area contributed by atoms with E-state index in [0.29, 0.717) is 18.0 Å². The van der Waals surface area contributed by atoms with Crippen LogP contribution >= 0.6 is 0 Å². The second-order valence-electron chi connectivity index (χ2n) is 8.74. The minimum atomic E-state index is 0.194. The Labute approximate surface area is 169 Å². The number of benzene rings is 1. The molecule has 1 aromatic rings. The van der Waals surface area contributed by atoms with Gasteiger partial charge in [0.1, 0.15) is 0 Å². The minimum absolute atomic E-state index is 0.194. The summed E-state index contributed by atoms with van der Waals surface area (Å²) in [7, 11) is 0. The lowest BCUT2D eigenvalue weighted by Gasteiger charge is -2.33. The maximum absolute atomic E-state index is 12.5. The summed E-state index contributed by atoms with van der Waals surface area (Å²) in [5.41, 5.74) is 2.17. The molecule has 0 spiro atoms. The second kappa shape index (κ2) is 9.86. The Bertz CT molecular complexity index is 638. The largest absolute Gasteiger partial charge is 0.379 e. The molecule has 1 aromatic carbocycles. The Hall–Kier alpha value is -1.43. The smallest absolute Gasteiger partial charge is 0.227 e. The molecule has 5 nitrogen and oxygen atoms in total. The van der Waals surface area contributed by atoms with Gasteiger partial charge in [0, 0.05) is 36.8 Å². The molecule has 4 rings (SSSR count). The topological polar surface area (TPSA) is 62.4 Å². The van der Waals surface area contributed by atoms with E-state index in [1.165, 1.54) is 44.1 Å². The lowest BCUT2D eigenvalue weighted by atomic mass is 9.88. The van der Waals surface area contributed by atoms with Crippen molar-refractivity contribution in [3.63, 3.8) is 0 Å². The molecule has 5 heteroatoms. The highest BCUT2D eigenvalue weighted by Crippen LogP contribution is 2.30. The molecule has 154 valence electrons. The molecule has 3 fully saturated rings. The Balaban J connectivity index is 1.30. The maximum atomic E-state index is 12.5. The lowest BCUT2D eigenvalue weighted by Crippen LogP contribution is -2.50. The lowest BCUT2D eigenvalue weighted by molar-refractivity contribution is -0.120. The number of rotatable bonds is 6. The van der Waals surface area contributed by atoms with Gasteiger partial charge in [-0.15, -0.1) is 0 Å². The van der Waals surface area contributed by atoms with E-state index in [4.69, 9.17) is 4.74 Å². The molecule has 1 aliphatic heterocycles. The number of hydrogen-bond donors (Lipinski definition) is 3. The zero-order chi connectivity index (χ0) is 19.2. The van der Waals surface area contributed by atoms with Gasteiger partial charge in [0.25, 0.3) is 0 Å². The standard InChI is InChI=1S/C23H35N3O2/c27-23(18-7-2-1-3-8-18)26-19-9-4-6-17(14-19)15-25-21-11-5-10-20(21)22-16-28-13-12-24-22/h4,6,9,14,18,20-22,24-25H,1-3,5,7-8,10-13,15-16H2,(H,26,27). The molecular weight excluding hydrogens is 350 g/mol. The Morgan fingerprint density at radius 1 is 1.11 bits per heavy atom. The van der Waals surface area contributed by atoms with Crippen molar-refractivity contribution in [1.29, 1.82) is 0 Å². The summed E-state index contributed by atoms with van der Waals surface area (Å²) in [6, 6.07) is 9.35. The van der Waals surface area contributed by atoms with E-state index >= 15 is 0 Å². The van der Waals surface area contributed by atoms with Crippen molar-refractivity contribution in [2.75, 3.05) is 25.1 Å². The van der Waals surface area contributed by atoms with Gasteiger partial charge >= 0.3 is 0 Å². The van der Waals surface area contributed by atoms with Gasteiger partial charge in [-0.1, -0.05) is 37.8 Å². The fourth-order valence-electron chi connectivity index (χ4n) is 5.20. The number of nitrogens with one attached hydrogen (secondary N) is 3. The van der Waals surface area contributed by atoms with E-state index in [1.54, 1.807) is 0 Å². The molecule has 28 heavy (non-hydrogen) atoms. The van der Waals surface area contributed by atoms with E-state index in [-0.39, 0.29) is 11.8 Å². The first-order valence-electron chi connectivity index (χ1n) is 11.2. The third-order valence-corrected chi connectivity index (χ3v) is 6.78. The van der Waals surface area contributed by atoms with Crippen LogP contribution in [0.25, 0.3) is 0 Å². The number of morpholine rings is 1.